The molecule has 4 nitrogen and oxygen atoms in total. The lowest BCUT2D eigenvalue weighted by Gasteiger charge is -2.18. The van der Waals surface area contributed by atoms with Crippen molar-refractivity contribution in [1.82, 2.24) is 0 Å². The van der Waals surface area contributed by atoms with E-state index in [1.165, 1.54) is 5.56 Å². The molecule has 1 aliphatic heterocycles. The highest BCUT2D eigenvalue weighted by Gasteiger charge is 2.38. The number of benzene rings is 1. The number of para-hydroxylation sites is 1. The minimum atomic E-state index is -5.08. The van der Waals surface area contributed by atoms with E-state index in [2.05, 4.69) is 11.4 Å². The molecular weight excluding hydrogens is 263 g/mol. The smallest absolute Gasteiger partial charge is 0.475 e. The number of nitrogens with one attached hydrogen (secondary N) is 1. The second-order valence-electron chi connectivity index (χ2n) is 3.96. The number of carboxylic acid groups (broad SMARTS) is 1. The maximum atomic E-state index is 11.1. The minimum Gasteiger partial charge on any atom is -0.475 e. The molecule has 1 aromatic rings. The Balaban J connectivity index is 0.000000224. The van der Waals surface area contributed by atoms with Crippen LogP contribution in [-0.4, -0.2) is 23.2 Å². The number of amides is 1. The fourth-order valence-electron chi connectivity index (χ4n) is 1.57. The van der Waals surface area contributed by atoms with E-state index in [4.69, 9.17) is 9.90 Å². The van der Waals surface area contributed by atoms with E-state index in [0.29, 0.717) is 6.42 Å². The fraction of sp³-hybridized carbons (Fsp3) is 0.333. The van der Waals surface area contributed by atoms with E-state index in [-0.39, 0.29) is 5.91 Å². The molecule has 0 aromatic heterocycles. The van der Waals surface area contributed by atoms with Gasteiger partial charge in [0.1, 0.15) is 0 Å². The molecule has 2 rings (SSSR count). The predicted molar refractivity (Wildman–Crippen MR) is 61.8 cm³/mol. The zero-order chi connectivity index (χ0) is 14.6. The molecule has 1 heterocycles. The predicted octanol–water partition coefficient (Wildman–Crippen LogP) is 2.51. The summed E-state index contributed by atoms with van der Waals surface area (Å²) in [5.74, 6) is -2.62. The third-order valence-corrected chi connectivity index (χ3v) is 2.49. The van der Waals surface area contributed by atoms with Gasteiger partial charge in [0.15, 0.2) is 0 Å². The Kier molecular flexibility index (Phi) is 4.52. The van der Waals surface area contributed by atoms with Crippen molar-refractivity contribution < 1.29 is 27.9 Å². The van der Waals surface area contributed by atoms with Crippen LogP contribution in [0, 0.1) is 6.92 Å². The van der Waals surface area contributed by atoms with Gasteiger partial charge in [-0.2, -0.15) is 13.2 Å². The SMILES string of the molecule is Cc1cccc2c1NC(=O)CC2.O=C(O)C(F)(F)F. The van der Waals surface area contributed by atoms with Gasteiger partial charge < -0.3 is 10.4 Å². The number of carboxylic acids is 1. The molecule has 0 unspecified atom stereocenters. The fourth-order valence-corrected chi connectivity index (χ4v) is 1.57. The van der Waals surface area contributed by atoms with Gasteiger partial charge in [0.25, 0.3) is 0 Å². The van der Waals surface area contributed by atoms with E-state index in [1.807, 2.05) is 19.1 Å². The molecule has 1 amide bonds. The second-order valence-corrected chi connectivity index (χ2v) is 3.96. The third kappa shape index (κ3) is 4.27. The summed E-state index contributed by atoms with van der Waals surface area (Å²) in [7, 11) is 0. The number of anilines is 1. The van der Waals surface area contributed by atoms with Crippen LogP contribution in [-0.2, 0) is 16.0 Å². The van der Waals surface area contributed by atoms with Gasteiger partial charge in [-0.3, -0.25) is 4.79 Å². The molecule has 0 fully saturated rings. The first-order valence-electron chi connectivity index (χ1n) is 5.40. The van der Waals surface area contributed by atoms with Gasteiger partial charge in [-0.1, -0.05) is 18.2 Å². The molecule has 2 N–H and O–H groups in total. The van der Waals surface area contributed by atoms with Gasteiger partial charge in [-0.05, 0) is 24.5 Å². The number of hydrogen-bond donors (Lipinski definition) is 2. The summed E-state index contributed by atoms with van der Waals surface area (Å²) >= 11 is 0. The number of hydrogen-bond acceptors (Lipinski definition) is 2. The number of halogens is 3. The third-order valence-electron chi connectivity index (χ3n) is 2.49. The van der Waals surface area contributed by atoms with Crippen LogP contribution in [0.5, 0.6) is 0 Å². The standard InChI is InChI=1S/C10H11NO.C2HF3O2/c1-7-3-2-4-8-5-6-9(12)11-10(7)8;3-2(4,5)1(6)7/h2-4H,5-6H2,1H3,(H,11,12);(H,6,7). The van der Waals surface area contributed by atoms with Crippen LogP contribution in [0.3, 0.4) is 0 Å². The Hall–Kier alpha value is -2.05. The minimum absolute atomic E-state index is 0.136. The van der Waals surface area contributed by atoms with Crippen molar-refractivity contribution in [2.45, 2.75) is 25.9 Å². The number of rotatable bonds is 0. The summed E-state index contributed by atoms with van der Waals surface area (Å²) < 4.78 is 31.7. The van der Waals surface area contributed by atoms with E-state index in [9.17, 15) is 18.0 Å². The van der Waals surface area contributed by atoms with Gasteiger partial charge in [0, 0.05) is 12.1 Å². The summed E-state index contributed by atoms with van der Waals surface area (Å²) in [6, 6.07) is 6.12. The van der Waals surface area contributed by atoms with Gasteiger partial charge in [0.2, 0.25) is 5.91 Å². The molecule has 0 radical (unpaired) electrons. The van der Waals surface area contributed by atoms with Crippen molar-refractivity contribution in [2.75, 3.05) is 5.32 Å². The normalized spacial score (nSPS) is 13.8. The van der Waals surface area contributed by atoms with Gasteiger partial charge >= 0.3 is 12.1 Å². The molecule has 1 aromatic carbocycles. The lowest BCUT2D eigenvalue weighted by molar-refractivity contribution is -0.192. The largest absolute Gasteiger partial charge is 0.490 e. The van der Waals surface area contributed by atoms with E-state index in [0.717, 1.165) is 17.7 Å². The molecule has 19 heavy (non-hydrogen) atoms. The Morgan fingerprint density at radius 2 is 1.89 bits per heavy atom. The van der Waals surface area contributed by atoms with Crippen molar-refractivity contribution in [3.05, 3.63) is 29.3 Å². The average Bonchev–Trinajstić information content (AvgIpc) is 2.30. The highest BCUT2D eigenvalue weighted by molar-refractivity contribution is 5.94. The van der Waals surface area contributed by atoms with Gasteiger partial charge in [-0.15, -0.1) is 0 Å². The second kappa shape index (κ2) is 5.73. The quantitative estimate of drug-likeness (QED) is 0.764. The van der Waals surface area contributed by atoms with Crippen LogP contribution in [0.15, 0.2) is 18.2 Å². The van der Waals surface area contributed by atoms with E-state index in [1.54, 1.807) is 0 Å². The molecule has 0 spiro atoms. The van der Waals surface area contributed by atoms with Gasteiger partial charge in [0.05, 0.1) is 0 Å². The Morgan fingerprint density at radius 3 is 2.42 bits per heavy atom. The average molecular weight is 275 g/mol. The molecule has 104 valence electrons. The van der Waals surface area contributed by atoms with Crippen molar-refractivity contribution in [2.24, 2.45) is 0 Å². The zero-order valence-electron chi connectivity index (χ0n) is 10.0. The number of carbonyl (C=O) groups is 2. The molecule has 0 aliphatic carbocycles. The number of aliphatic carboxylic acids is 1. The molecule has 0 atom stereocenters. The monoisotopic (exact) mass is 275 g/mol. The van der Waals surface area contributed by atoms with Crippen LogP contribution in [0.4, 0.5) is 18.9 Å². The Bertz CT molecular complexity index is 497. The summed E-state index contributed by atoms with van der Waals surface area (Å²) in [5, 5.41) is 10.0. The number of aryl methyl sites for hydroxylation is 2. The Labute approximate surface area is 107 Å². The number of alkyl halides is 3. The van der Waals surface area contributed by atoms with E-state index < -0.39 is 12.1 Å². The molecular formula is C12H12F3NO3. The van der Waals surface area contributed by atoms with Crippen molar-refractivity contribution in [1.29, 1.82) is 0 Å². The highest BCUT2D eigenvalue weighted by atomic mass is 19.4. The summed E-state index contributed by atoms with van der Waals surface area (Å²) in [6.07, 6.45) is -3.58. The first-order chi connectivity index (χ1) is 8.71. The first-order valence-corrected chi connectivity index (χ1v) is 5.40. The van der Waals surface area contributed by atoms with Gasteiger partial charge in [-0.25, -0.2) is 4.79 Å². The van der Waals surface area contributed by atoms with Crippen LogP contribution >= 0.6 is 0 Å². The molecule has 0 bridgehead atoms. The first kappa shape index (κ1) is 15.0. The summed E-state index contributed by atoms with van der Waals surface area (Å²) in [6.45, 7) is 2.02. The van der Waals surface area contributed by atoms with Crippen molar-refractivity contribution in [3.8, 4) is 0 Å². The molecule has 0 saturated heterocycles. The lowest BCUT2D eigenvalue weighted by Crippen LogP contribution is -2.21. The number of carbonyl (C=O) groups excluding carboxylic acids is 1. The summed E-state index contributed by atoms with van der Waals surface area (Å²) in [5.41, 5.74) is 3.43. The molecule has 7 heteroatoms. The molecule has 0 saturated carbocycles. The van der Waals surface area contributed by atoms with E-state index >= 15 is 0 Å². The highest BCUT2D eigenvalue weighted by Crippen LogP contribution is 2.25. The maximum Gasteiger partial charge on any atom is 0.490 e. The van der Waals surface area contributed by atoms with Crippen molar-refractivity contribution in [3.63, 3.8) is 0 Å². The Morgan fingerprint density at radius 1 is 1.32 bits per heavy atom. The zero-order valence-corrected chi connectivity index (χ0v) is 10.0. The van der Waals surface area contributed by atoms with Crippen LogP contribution in [0.2, 0.25) is 0 Å². The van der Waals surface area contributed by atoms with Crippen LogP contribution in [0.25, 0.3) is 0 Å². The van der Waals surface area contributed by atoms with Crippen molar-refractivity contribution >= 4 is 17.6 Å². The maximum absolute atomic E-state index is 11.1. The summed E-state index contributed by atoms with van der Waals surface area (Å²) in [4.78, 5) is 20.0. The van der Waals surface area contributed by atoms with Crippen LogP contribution in [0.1, 0.15) is 17.5 Å². The topological polar surface area (TPSA) is 66.4 Å². The molecule has 1 aliphatic rings. The lowest BCUT2D eigenvalue weighted by atomic mass is 10.00. The number of fused-ring (bicyclic) bond motifs is 1. The van der Waals surface area contributed by atoms with Crippen LogP contribution < -0.4 is 5.32 Å².